The second-order valence-electron chi connectivity index (χ2n) is 3.24. The van der Waals surface area contributed by atoms with Crippen LogP contribution in [0, 0.1) is 0 Å². The van der Waals surface area contributed by atoms with Crippen LogP contribution in [0.2, 0.25) is 5.02 Å². The van der Waals surface area contributed by atoms with Crippen LogP contribution in [0.3, 0.4) is 0 Å². The molecule has 0 fully saturated rings. The van der Waals surface area contributed by atoms with Gasteiger partial charge in [0.05, 0.1) is 7.11 Å². The molecule has 0 atom stereocenters. The van der Waals surface area contributed by atoms with Gasteiger partial charge in [0.1, 0.15) is 6.54 Å². The van der Waals surface area contributed by atoms with Crippen molar-refractivity contribution in [1.82, 2.24) is 4.90 Å². The first-order chi connectivity index (χ1) is 7.54. The molecule has 0 radical (unpaired) electrons. The van der Waals surface area contributed by atoms with Crippen LogP contribution < -0.4 is 0 Å². The molecule has 1 rings (SSSR count). The van der Waals surface area contributed by atoms with E-state index < -0.39 is 5.97 Å². The van der Waals surface area contributed by atoms with Crippen molar-refractivity contribution in [1.29, 1.82) is 0 Å². The summed E-state index contributed by atoms with van der Waals surface area (Å²) in [6.07, 6.45) is 0. The molecular weight excluding hydrogens is 230 g/mol. The summed E-state index contributed by atoms with van der Waals surface area (Å²) in [6.45, 7) is -0.0715. The molecule has 1 amide bonds. The third-order valence-corrected chi connectivity index (χ3v) is 2.28. The molecule has 0 spiro atoms. The van der Waals surface area contributed by atoms with Crippen molar-refractivity contribution in [3.8, 4) is 0 Å². The summed E-state index contributed by atoms with van der Waals surface area (Å²) < 4.78 is 4.47. The molecule has 0 saturated carbocycles. The lowest BCUT2D eigenvalue weighted by Crippen LogP contribution is -2.32. The van der Waals surface area contributed by atoms with Crippen LogP contribution in [0.4, 0.5) is 0 Å². The van der Waals surface area contributed by atoms with Gasteiger partial charge >= 0.3 is 5.97 Å². The molecule has 1 aromatic carbocycles. The standard InChI is InChI=1S/C11H12ClNO3/c1-13(7-10(14)16-2)11(15)8-3-5-9(12)6-4-8/h3-6H,7H2,1-2H3. The zero-order valence-corrected chi connectivity index (χ0v) is 9.82. The molecule has 1 aromatic rings. The number of halogens is 1. The zero-order chi connectivity index (χ0) is 12.1. The van der Waals surface area contributed by atoms with Gasteiger partial charge in [-0.3, -0.25) is 9.59 Å². The van der Waals surface area contributed by atoms with Crippen molar-refractivity contribution in [3.05, 3.63) is 34.9 Å². The summed E-state index contributed by atoms with van der Waals surface area (Å²) in [5.41, 5.74) is 0.482. The number of amides is 1. The van der Waals surface area contributed by atoms with Crippen molar-refractivity contribution < 1.29 is 14.3 Å². The Hall–Kier alpha value is -1.55. The molecule has 0 aliphatic heterocycles. The maximum absolute atomic E-state index is 11.8. The molecule has 0 aromatic heterocycles. The van der Waals surface area contributed by atoms with Gasteiger partial charge in [-0.25, -0.2) is 0 Å². The fourth-order valence-corrected chi connectivity index (χ4v) is 1.27. The highest BCUT2D eigenvalue weighted by atomic mass is 35.5. The van der Waals surface area contributed by atoms with Crippen LogP contribution in [0.15, 0.2) is 24.3 Å². The van der Waals surface area contributed by atoms with Crippen LogP contribution in [0.5, 0.6) is 0 Å². The Morgan fingerprint density at radius 2 is 1.88 bits per heavy atom. The number of hydrogen-bond acceptors (Lipinski definition) is 3. The van der Waals surface area contributed by atoms with E-state index in [0.29, 0.717) is 10.6 Å². The van der Waals surface area contributed by atoms with Crippen LogP contribution >= 0.6 is 11.6 Å². The molecule has 0 bridgehead atoms. The first kappa shape index (κ1) is 12.5. The Labute approximate surface area is 98.8 Å². The fourth-order valence-electron chi connectivity index (χ4n) is 1.14. The van der Waals surface area contributed by atoms with Crippen molar-refractivity contribution in [3.63, 3.8) is 0 Å². The van der Waals surface area contributed by atoms with E-state index in [1.807, 2.05) is 0 Å². The van der Waals surface area contributed by atoms with E-state index in [1.54, 1.807) is 24.3 Å². The van der Waals surface area contributed by atoms with E-state index in [1.165, 1.54) is 19.1 Å². The van der Waals surface area contributed by atoms with Gasteiger partial charge in [0.15, 0.2) is 0 Å². The molecule has 16 heavy (non-hydrogen) atoms. The zero-order valence-electron chi connectivity index (χ0n) is 9.07. The average Bonchev–Trinajstić information content (AvgIpc) is 2.28. The summed E-state index contributed by atoms with van der Waals surface area (Å²) in [5, 5.41) is 0.562. The Kier molecular flexibility index (Phi) is 4.31. The summed E-state index contributed by atoms with van der Waals surface area (Å²) in [6, 6.07) is 6.47. The van der Waals surface area contributed by atoms with Gasteiger partial charge in [0, 0.05) is 17.6 Å². The Bertz CT molecular complexity index is 389. The third-order valence-electron chi connectivity index (χ3n) is 2.03. The molecule has 0 N–H and O–H groups in total. The van der Waals surface area contributed by atoms with Gasteiger partial charge in [0.25, 0.3) is 5.91 Å². The number of likely N-dealkylation sites (N-methyl/N-ethyl adjacent to an activating group) is 1. The van der Waals surface area contributed by atoms with Gasteiger partial charge in [-0.2, -0.15) is 0 Å². The van der Waals surface area contributed by atoms with Gasteiger partial charge in [-0.05, 0) is 24.3 Å². The molecule has 5 heteroatoms. The topological polar surface area (TPSA) is 46.6 Å². The van der Waals surface area contributed by atoms with Gasteiger partial charge < -0.3 is 9.64 Å². The summed E-state index contributed by atoms with van der Waals surface area (Å²) in [5.74, 6) is -0.702. The number of ether oxygens (including phenoxy) is 1. The molecular formula is C11H12ClNO3. The quantitative estimate of drug-likeness (QED) is 0.755. The van der Waals surface area contributed by atoms with E-state index in [-0.39, 0.29) is 12.5 Å². The van der Waals surface area contributed by atoms with E-state index in [9.17, 15) is 9.59 Å². The van der Waals surface area contributed by atoms with Crippen molar-refractivity contribution >= 4 is 23.5 Å². The third kappa shape index (κ3) is 3.24. The molecule has 4 nitrogen and oxygen atoms in total. The van der Waals surface area contributed by atoms with E-state index in [0.717, 1.165) is 0 Å². The van der Waals surface area contributed by atoms with Crippen LogP contribution in [-0.4, -0.2) is 37.5 Å². The van der Waals surface area contributed by atoms with Crippen LogP contribution in [0.25, 0.3) is 0 Å². The van der Waals surface area contributed by atoms with Crippen LogP contribution in [0.1, 0.15) is 10.4 Å². The Morgan fingerprint density at radius 3 is 2.38 bits per heavy atom. The molecule has 0 heterocycles. The SMILES string of the molecule is COC(=O)CN(C)C(=O)c1ccc(Cl)cc1. The lowest BCUT2D eigenvalue weighted by atomic mass is 10.2. The second-order valence-corrected chi connectivity index (χ2v) is 3.68. The largest absolute Gasteiger partial charge is 0.468 e. The first-order valence-electron chi connectivity index (χ1n) is 4.62. The highest BCUT2D eigenvalue weighted by molar-refractivity contribution is 6.30. The number of nitrogens with zero attached hydrogens (tertiary/aromatic N) is 1. The maximum atomic E-state index is 11.8. The molecule has 0 aliphatic carbocycles. The Balaban J connectivity index is 2.70. The highest BCUT2D eigenvalue weighted by Crippen LogP contribution is 2.10. The minimum Gasteiger partial charge on any atom is -0.468 e. The fraction of sp³-hybridized carbons (Fsp3) is 0.273. The maximum Gasteiger partial charge on any atom is 0.325 e. The number of carbonyl (C=O) groups excluding carboxylic acids is 2. The molecule has 0 saturated heterocycles. The van der Waals surface area contributed by atoms with Crippen molar-refractivity contribution in [2.45, 2.75) is 0 Å². The van der Waals surface area contributed by atoms with Gasteiger partial charge in [-0.15, -0.1) is 0 Å². The normalized spacial score (nSPS) is 9.69. The number of esters is 1. The van der Waals surface area contributed by atoms with Crippen LogP contribution in [-0.2, 0) is 9.53 Å². The predicted octanol–water partition coefficient (Wildman–Crippen LogP) is 1.58. The molecule has 0 aliphatic rings. The predicted molar refractivity (Wildman–Crippen MR) is 60.4 cm³/mol. The molecule has 0 unspecified atom stereocenters. The minimum absolute atomic E-state index is 0.0715. The smallest absolute Gasteiger partial charge is 0.325 e. The number of rotatable bonds is 3. The van der Waals surface area contributed by atoms with Gasteiger partial charge in [-0.1, -0.05) is 11.6 Å². The van der Waals surface area contributed by atoms with Crippen molar-refractivity contribution in [2.24, 2.45) is 0 Å². The summed E-state index contributed by atoms with van der Waals surface area (Å²) in [4.78, 5) is 24.0. The number of hydrogen-bond donors (Lipinski definition) is 0. The lowest BCUT2D eigenvalue weighted by Gasteiger charge is -2.15. The number of benzene rings is 1. The first-order valence-corrected chi connectivity index (χ1v) is 5.00. The van der Waals surface area contributed by atoms with Gasteiger partial charge in [0.2, 0.25) is 0 Å². The molecule has 86 valence electrons. The minimum atomic E-state index is -0.454. The van der Waals surface area contributed by atoms with E-state index in [4.69, 9.17) is 11.6 Å². The number of carbonyl (C=O) groups is 2. The second kappa shape index (κ2) is 5.51. The highest BCUT2D eigenvalue weighted by Gasteiger charge is 2.14. The van der Waals surface area contributed by atoms with Crippen molar-refractivity contribution in [2.75, 3.05) is 20.7 Å². The number of methoxy groups -OCH3 is 1. The lowest BCUT2D eigenvalue weighted by molar-refractivity contribution is -0.141. The Morgan fingerprint density at radius 1 is 1.31 bits per heavy atom. The monoisotopic (exact) mass is 241 g/mol. The summed E-state index contributed by atoms with van der Waals surface area (Å²) in [7, 11) is 2.82. The summed E-state index contributed by atoms with van der Waals surface area (Å²) >= 11 is 5.70. The van der Waals surface area contributed by atoms with E-state index in [2.05, 4.69) is 4.74 Å². The average molecular weight is 242 g/mol. The van der Waals surface area contributed by atoms with E-state index >= 15 is 0 Å².